The average Bonchev–Trinajstić information content (AvgIpc) is 2.34. The molecule has 13 heavy (non-hydrogen) atoms. The molecule has 0 aliphatic heterocycles. The molecule has 74 valence electrons. The van der Waals surface area contributed by atoms with Gasteiger partial charge in [-0.05, 0) is 13.3 Å². The maximum absolute atomic E-state index is 5.76. The van der Waals surface area contributed by atoms with Crippen molar-refractivity contribution in [3.05, 3.63) is 5.69 Å². The number of unbranched alkanes of at least 4 members (excludes halogenated alkanes) is 2. The molecule has 4 heteroatoms. The van der Waals surface area contributed by atoms with E-state index in [1.54, 1.807) is 4.68 Å². The van der Waals surface area contributed by atoms with Crippen molar-refractivity contribution in [3.8, 4) is 0 Å². The van der Waals surface area contributed by atoms with Gasteiger partial charge >= 0.3 is 0 Å². The number of nitrogens with zero attached hydrogens (tertiary/aromatic N) is 2. The number of hydrogen-bond donors (Lipinski definition) is 2. The highest BCUT2D eigenvalue weighted by atomic mass is 15.3. The van der Waals surface area contributed by atoms with Gasteiger partial charge in [0.25, 0.3) is 0 Å². The number of nitrogens with two attached hydrogens (primary N) is 2. The Hall–Kier alpha value is -1.19. The second-order valence-corrected chi connectivity index (χ2v) is 3.31. The van der Waals surface area contributed by atoms with Crippen LogP contribution in [-0.4, -0.2) is 9.78 Å². The molecule has 0 bridgehead atoms. The third-order valence-electron chi connectivity index (χ3n) is 2.19. The Kier molecular flexibility index (Phi) is 3.17. The van der Waals surface area contributed by atoms with Gasteiger partial charge < -0.3 is 11.5 Å². The molecule has 0 aliphatic rings. The second kappa shape index (κ2) is 4.16. The van der Waals surface area contributed by atoms with E-state index in [1.165, 1.54) is 12.8 Å². The van der Waals surface area contributed by atoms with Crippen LogP contribution in [-0.2, 0) is 6.54 Å². The number of anilines is 2. The summed E-state index contributed by atoms with van der Waals surface area (Å²) in [5, 5.41) is 4.25. The second-order valence-electron chi connectivity index (χ2n) is 3.31. The highest BCUT2D eigenvalue weighted by Gasteiger charge is 2.07. The molecule has 0 fully saturated rings. The van der Waals surface area contributed by atoms with Crippen LogP contribution in [0.1, 0.15) is 31.9 Å². The van der Waals surface area contributed by atoms with Crippen molar-refractivity contribution in [2.75, 3.05) is 11.5 Å². The lowest BCUT2D eigenvalue weighted by Crippen LogP contribution is -2.05. The lowest BCUT2D eigenvalue weighted by Gasteiger charge is -2.02. The van der Waals surface area contributed by atoms with Gasteiger partial charge in [0.1, 0.15) is 5.82 Å². The van der Waals surface area contributed by atoms with Crippen molar-refractivity contribution in [1.82, 2.24) is 9.78 Å². The summed E-state index contributed by atoms with van der Waals surface area (Å²) in [6, 6.07) is 0. The SMILES string of the molecule is CCCCCn1nc(C)c(N)c1N. The zero-order valence-electron chi connectivity index (χ0n) is 8.38. The van der Waals surface area contributed by atoms with Gasteiger partial charge in [0, 0.05) is 6.54 Å². The molecule has 0 amide bonds. The van der Waals surface area contributed by atoms with Crippen LogP contribution in [0.4, 0.5) is 11.5 Å². The molecule has 0 aromatic carbocycles. The van der Waals surface area contributed by atoms with Crippen molar-refractivity contribution >= 4 is 11.5 Å². The maximum atomic E-state index is 5.76. The molecule has 4 nitrogen and oxygen atoms in total. The molecular formula is C9H18N4. The molecule has 1 aromatic rings. The van der Waals surface area contributed by atoms with E-state index in [0.29, 0.717) is 11.5 Å². The van der Waals surface area contributed by atoms with Gasteiger partial charge in [-0.15, -0.1) is 0 Å². The maximum Gasteiger partial charge on any atom is 0.145 e. The van der Waals surface area contributed by atoms with Gasteiger partial charge in [-0.1, -0.05) is 19.8 Å². The van der Waals surface area contributed by atoms with Crippen molar-refractivity contribution in [1.29, 1.82) is 0 Å². The molecule has 0 aliphatic carbocycles. The zero-order valence-corrected chi connectivity index (χ0v) is 8.38. The minimum atomic E-state index is 0.605. The summed E-state index contributed by atoms with van der Waals surface area (Å²) in [6.45, 7) is 4.92. The minimum absolute atomic E-state index is 0.605. The standard InChI is InChI=1S/C9H18N4/c1-3-4-5-6-13-9(11)8(10)7(2)12-13/h3-6,10-11H2,1-2H3. The Bertz CT molecular complexity index is 277. The predicted molar refractivity (Wildman–Crippen MR) is 55.3 cm³/mol. The monoisotopic (exact) mass is 182 g/mol. The van der Waals surface area contributed by atoms with E-state index in [-0.39, 0.29) is 0 Å². The summed E-state index contributed by atoms with van der Waals surface area (Å²) >= 11 is 0. The molecule has 0 saturated heterocycles. The normalized spacial score (nSPS) is 10.6. The summed E-state index contributed by atoms with van der Waals surface area (Å²) in [4.78, 5) is 0. The quantitative estimate of drug-likeness (QED) is 0.694. The van der Waals surface area contributed by atoms with Gasteiger partial charge in [-0.2, -0.15) is 5.10 Å². The largest absolute Gasteiger partial charge is 0.394 e. The van der Waals surface area contributed by atoms with E-state index in [9.17, 15) is 0 Å². The van der Waals surface area contributed by atoms with E-state index in [1.807, 2.05) is 6.92 Å². The fourth-order valence-electron chi connectivity index (χ4n) is 1.30. The molecule has 0 spiro atoms. The Morgan fingerprint density at radius 3 is 2.46 bits per heavy atom. The van der Waals surface area contributed by atoms with Crippen molar-refractivity contribution in [2.24, 2.45) is 0 Å². The predicted octanol–water partition coefficient (Wildman–Crippen LogP) is 1.55. The molecule has 0 radical (unpaired) electrons. The number of aromatic nitrogens is 2. The van der Waals surface area contributed by atoms with Crippen LogP contribution in [0, 0.1) is 6.92 Å². The van der Waals surface area contributed by atoms with Crippen molar-refractivity contribution in [2.45, 2.75) is 39.7 Å². The van der Waals surface area contributed by atoms with Crippen LogP contribution >= 0.6 is 0 Å². The van der Waals surface area contributed by atoms with E-state index < -0.39 is 0 Å². The third kappa shape index (κ3) is 2.14. The van der Waals surface area contributed by atoms with Crippen LogP contribution in [0.15, 0.2) is 0 Å². The summed E-state index contributed by atoms with van der Waals surface area (Å²) < 4.78 is 1.79. The Labute approximate surface area is 78.9 Å². The first-order chi connectivity index (χ1) is 6.16. The van der Waals surface area contributed by atoms with Crippen LogP contribution < -0.4 is 11.5 Å². The lowest BCUT2D eigenvalue weighted by atomic mass is 10.2. The molecular weight excluding hydrogens is 164 g/mol. The lowest BCUT2D eigenvalue weighted by molar-refractivity contribution is 0.556. The van der Waals surface area contributed by atoms with Crippen LogP contribution in [0.5, 0.6) is 0 Å². The summed E-state index contributed by atoms with van der Waals surface area (Å²) in [5.74, 6) is 0.605. The Morgan fingerprint density at radius 1 is 1.31 bits per heavy atom. The van der Waals surface area contributed by atoms with Crippen molar-refractivity contribution in [3.63, 3.8) is 0 Å². The van der Waals surface area contributed by atoms with E-state index >= 15 is 0 Å². The molecule has 1 aromatic heterocycles. The molecule has 0 saturated carbocycles. The molecule has 0 atom stereocenters. The first-order valence-electron chi connectivity index (χ1n) is 4.75. The number of nitrogen functional groups attached to an aromatic ring is 2. The van der Waals surface area contributed by atoms with Crippen molar-refractivity contribution < 1.29 is 0 Å². The molecule has 4 N–H and O–H groups in total. The Morgan fingerprint density at radius 2 is 2.00 bits per heavy atom. The highest BCUT2D eigenvalue weighted by Crippen LogP contribution is 2.18. The van der Waals surface area contributed by atoms with Crippen LogP contribution in [0.3, 0.4) is 0 Å². The fraction of sp³-hybridized carbons (Fsp3) is 0.667. The zero-order chi connectivity index (χ0) is 9.84. The third-order valence-corrected chi connectivity index (χ3v) is 2.19. The topological polar surface area (TPSA) is 69.9 Å². The highest BCUT2D eigenvalue weighted by molar-refractivity contribution is 5.61. The molecule has 0 unspecified atom stereocenters. The molecule has 1 rings (SSSR count). The number of rotatable bonds is 4. The van der Waals surface area contributed by atoms with Gasteiger partial charge in [0.05, 0.1) is 11.4 Å². The van der Waals surface area contributed by atoms with Gasteiger partial charge in [0.2, 0.25) is 0 Å². The first-order valence-corrected chi connectivity index (χ1v) is 4.75. The fourth-order valence-corrected chi connectivity index (χ4v) is 1.30. The number of hydrogen-bond acceptors (Lipinski definition) is 3. The van der Waals surface area contributed by atoms with Gasteiger partial charge in [0.15, 0.2) is 0 Å². The Balaban J connectivity index is 2.61. The van der Waals surface area contributed by atoms with Crippen LogP contribution in [0.2, 0.25) is 0 Å². The smallest absolute Gasteiger partial charge is 0.145 e. The molecule has 1 heterocycles. The van der Waals surface area contributed by atoms with Crippen LogP contribution in [0.25, 0.3) is 0 Å². The van der Waals surface area contributed by atoms with Gasteiger partial charge in [-0.3, -0.25) is 0 Å². The summed E-state index contributed by atoms with van der Waals surface area (Å²) in [7, 11) is 0. The van der Waals surface area contributed by atoms with Gasteiger partial charge in [-0.25, -0.2) is 4.68 Å². The number of aryl methyl sites for hydroxylation is 2. The van der Waals surface area contributed by atoms with E-state index in [4.69, 9.17) is 11.5 Å². The summed E-state index contributed by atoms with van der Waals surface area (Å²) in [6.07, 6.45) is 3.52. The first kappa shape index (κ1) is 9.89. The minimum Gasteiger partial charge on any atom is -0.394 e. The average molecular weight is 182 g/mol. The van der Waals surface area contributed by atoms with E-state index in [0.717, 1.165) is 18.7 Å². The summed E-state index contributed by atoms with van der Waals surface area (Å²) in [5.41, 5.74) is 12.9. The van der Waals surface area contributed by atoms with E-state index in [2.05, 4.69) is 12.0 Å².